The van der Waals surface area contributed by atoms with Crippen molar-refractivity contribution in [3.05, 3.63) is 70.7 Å². The van der Waals surface area contributed by atoms with Gasteiger partial charge in [-0.1, -0.05) is 18.2 Å². The monoisotopic (exact) mass is 521 g/mol. The second-order valence-electron chi connectivity index (χ2n) is 9.27. The van der Waals surface area contributed by atoms with Crippen LogP contribution in [0.25, 0.3) is 5.57 Å². The van der Waals surface area contributed by atoms with Gasteiger partial charge in [0.2, 0.25) is 5.91 Å². The lowest BCUT2D eigenvalue weighted by Crippen LogP contribution is -2.45. The van der Waals surface area contributed by atoms with Gasteiger partial charge in [0, 0.05) is 25.2 Å². The quantitative estimate of drug-likeness (QED) is 0.154. The van der Waals surface area contributed by atoms with Crippen molar-refractivity contribution in [2.24, 2.45) is 17.5 Å². The molecule has 5 rings (SSSR count). The molecule has 0 saturated carbocycles. The molecule has 1 aliphatic carbocycles. The van der Waals surface area contributed by atoms with Gasteiger partial charge in [0.1, 0.15) is 18.2 Å². The number of ketones is 1. The lowest BCUT2D eigenvalue weighted by Gasteiger charge is -2.29. The van der Waals surface area contributed by atoms with E-state index < -0.39 is 5.91 Å². The summed E-state index contributed by atoms with van der Waals surface area (Å²) in [5.41, 5.74) is 3.20. The fraction of sp³-hybridized carbons (Fsp3) is 0.292. The maximum atomic E-state index is 13.6. The van der Waals surface area contributed by atoms with Crippen LogP contribution in [0.15, 0.2) is 53.8 Å². The summed E-state index contributed by atoms with van der Waals surface area (Å²) in [6, 6.07) is 0. The van der Waals surface area contributed by atoms with Crippen LogP contribution in [0.1, 0.15) is 41.5 Å². The van der Waals surface area contributed by atoms with Gasteiger partial charge in [0.15, 0.2) is 5.78 Å². The molecular formula is C24H31N11O3. The third-order valence-corrected chi connectivity index (χ3v) is 6.82. The van der Waals surface area contributed by atoms with Gasteiger partial charge >= 0.3 is 0 Å². The fourth-order valence-electron chi connectivity index (χ4n) is 4.89. The normalized spacial score (nSPS) is 18.6. The lowest BCUT2D eigenvalue weighted by molar-refractivity contribution is -0.129. The number of hydrogen-bond acceptors (Lipinski definition) is 11. The molecule has 0 saturated heterocycles. The highest BCUT2D eigenvalue weighted by atomic mass is 16.2. The van der Waals surface area contributed by atoms with Crippen LogP contribution in [0.2, 0.25) is 0 Å². The summed E-state index contributed by atoms with van der Waals surface area (Å²) >= 11 is 0. The van der Waals surface area contributed by atoms with E-state index >= 15 is 0 Å². The van der Waals surface area contributed by atoms with Crippen LogP contribution in [0.3, 0.4) is 0 Å². The second kappa shape index (κ2) is 9.74. The number of carbonyl (C=O) groups excluding carboxylic acids is 3. The molecule has 0 fully saturated rings. The van der Waals surface area contributed by atoms with E-state index in [0.29, 0.717) is 46.3 Å². The molecule has 0 radical (unpaired) electrons. The van der Waals surface area contributed by atoms with E-state index in [0.717, 1.165) is 17.9 Å². The van der Waals surface area contributed by atoms with E-state index in [-0.39, 0.29) is 37.1 Å². The Morgan fingerprint density at radius 2 is 1.89 bits per heavy atom. The van der Waals surface area contributed by atoms with Gasteiger partial charge in [0.05, 0.1) is 41.4 Å². The highest BCUT2D eigenvalue weighted by Gasteiger charge is 2.39. The van der Waals surface area contributed by atoms with E-state index in [9.17, 15) is 14.4 Å². The molecule has 3 aliphatic heterocycles. The first-order chi connectivity index (χ1) is 18.2. The summed E-state index contributed by atoms with van der Waals surface area (Å²) in [4.78, 5) is 40.1. The number of aromatic nitrogens is 1. The number of hydrogen-bond donors (Lipinski definition) is 6. The van der Waals surface area contributed by atoms with Crippen molar-refractivity contribution < 1.29 is 14.4 Å². The number of hydrazine groups is 3. The number of fused-ring (bicyclic) bond motifs is 1. The van der Waals surface area contributed by atoms with Crippen LogP contribution in [0.5, 0.6) is 0 Å². The van der Waals surface area contributed by atoms with Gasteiger partial charge in [-0.2, -0.15) is 0 Å². The Kier molecular flexibility index (Phi) is 6.44. The number of dihydropyridines is 1. The smallest absolute Gasteiger partial charge is 0.273 e. The Morgan fingerprint density at radius 1 is 1.11 bits per heavy atom. The third kappa shape index (κ3) is 4.19. The maximum absolute atomic E-state index is 13.6. The zero-order valence-corrected chi connectivity index (χ0v) is 21.0. The Morgan fingerprint density at radius 3 is 2.55 bits per heavy atom. The van der Waals surface area contributed by atoms with Crippen molar-refractivity contribution in [2.75, 3.05) is 30.6 Å². The van der Waals surface area contributed by atoms with Gasteiger partial charge in [0.25, 0.3) is 5.91 Å². The highest BCUT2D eigenvalue weighted by Crippen LogP contribution is 2.40. The molecule has 0 aromatic carbocycles. The number of carbonyl (C=O) groups is 3. The first-order valence-corrected chi connectivity index (χ1v) is 12.1. The first kappa shape index (κ1) is 25.1. The van der Waals surface area contributed by atoms with E-state index in [2.05, 4.69) is 10.6 Å². The van der Waals surface area contributed by atoms with E-state index in [4.69, 9.17) is 23.4 Å². The van der Waals surface area contributed by atoms with Gasteiger partial charge in [-0.25, -0.2) is 22.5 Å². The highest BCUT2D eigenvalue weighted by molar-refractivity contribution is 6.10. The third-order valence-electron chi connectivity index (χ3n) is 6.82. The SMILES string of the molecule is CC(=O)N(N)C1=CC(c2c(N(N)C3=CCCC=C3)c3c(n2N)CN(C(=O)C2=CNCN2N)CC3=O)=CCN1. The van der Waals surface area contributed by atoms with Crippen molar-refractivity contribution in [3.8, 4) is 0 Å². The number of Topliss-reactive ketones (excluding diaryl/α,β-unsaturated/α-hetero) is 1. The molecule has 0 spiro atoms. The van der Waals surface area contributed by atoms with Gasteiger partial charge in [-0.3, -0.25) is 29.1 Å². The number of amides is 2. The molecule has 14 nitrogen and oxygen atoms in total. The predicted octanol–water partition coefficient (Wildman–Crippen LogP) is -1.23. The molecule has 4 aliphatic rings. The van der Waals surface area contributed by atoms with Crippen LogP contribution in [0.4, 0.5) is 5.69 Å². The average molecular weight is 522 g/mol. The Bertz CT molecular complexity index is 1370. The van der Waals surface area contributed by atoms with Gasteiger partial charge < -0.3 is 21.4 Å². The fourth-order valence-corrected chi connectivity index (χ4v) is 4.89. The number of nitrogens with zero attached hydrogens (tertiary/aromatic N) is 5. The first-order valence-electron chi connectivity index (χ1n) is 12.1. The van der Waals surface area contributed by atoms with Crippen molar-refractivity contribution in [2.45, 2.75) is 26.3 Å². The van der Waals surface area contributed by atoms with Crippen molar-refractivity contribution in [1.29, 1.82) is 0 Å². The number of allylic oxidation sites excluding steroid dienone is 5. The number of nitrogens with one attached hydrogen (secondary N) is 2. The number of rotatable bonds is 5. The molecule has 2 amide bonds. The van der Waals surface area contributed by atoms with Crippen LogP contribution >= 0.6 is 0 Å². The van der Waals surface area contributed by atoms with Crippen LogP contribution in [0, 0.1) is 0 Å². The molecule has 38 heavy (non-hydrogen) atoms. The Labute approximate surface area is 219 Å². The largest absolute Gasteiger partial charge is 0.371 e. The molecule has 1 aromatic rings. The zero-order valence-electron chi connectivity index (χ0n) is 21.0. The van der Waals surface area contributed by atoms with Gasteiger partial charge in [-0.15, -0.1) is 0 Å². The molecule has 0 atom stereocenters. The number of anilines is 1. The summed E-state index contributed by atoms with van der Waals surface area (Å²) in [6.45, 7) is 1.89. The predicted molar refractivity (Wildman–Crippen MR) is 140 cm³/mol. The summed E-state index contributed by atoms with van der Waals surface area (Å²) in [6.07, 6.45) is 12.6. The summed E-state index contributed by atoms with van der Waals surface area (Å²) in [5.74, 6) is 24.4. The van der Waals surface area contributed by atoms with E-state index in [1.54, 1.807) is 6.08 Å². The van der Waals surface area contributed by atoms with Crippen molar-refractivity contribution >= 4 is 28.9 Å². The summed E-state index contributed by atoms with van der Waals surface area (Å²) in [5, 5.41) is 9.69. The molecule has 4 heterocycles. The molecule has 0 unspecified atom stereocenters. The number of nitrogens with two attached hydrogens (primary N) is 4. The molecule has 0 bridgehead atoms. The summed E-state index contributed by atoms with van der Waals surface area (Å²) < 4.78 is 1.39. The molecule has 200 valence electrons. The van der Waals surface area contributed by atoms with Crippen LogP contribution in [-0.4, -0.2) is 56.9 Å². The molecule has 10 N–H and O–H groups in total. The maximum Gasteiger partial charge on any atom is 0.273 e. The van der Waals surface area contributed by atoms with Crippen LogP contribution < -0.4 is 39.0 Å². The zero-order chi connectivity index (χ0) is 27.1. The van der Waals surface area contributed by atoms with Gasteiger partial charge in [-0.05, 0) is 25.0 Å². The topological polar surface area (TPSA) is 197 Å². The van der Waals surface area contributed by atoms with Crippen molar-refractivity contribution in [3.63, 3.8) is 0 Å². The minimum atomic E-state index is -0.396. The van der Waals surface area contributed by atoms with E-state index in [1.165, 1.54) is 32.7 Å². The Balaban J connectivity index is 1.62. The number of nitrogen functional groups attached to an aromatic ring is 1. The van der Waals surface area contributed by atoms with E-state index in [1.807, 2.05) is 24.3 Å². The molecule has 1 aromatic heterocycles. The summed E-state index contributed by atoms with van der Waals surface area (Å²) in [7, 11) is 0. The Hall–Kier alpha value is -4.53. The average Bonchev–Trinajstić information content (AvgIpc) is 3.48. The van der Waals surface area contributed by atoms with Crippen molar-refractivity contribution in [1.82, 2.24) is 30.2 Å². The second-order valence-corrected chi connectivity index (χ2v) is 9.27. The molecular weight excluding hydrogens is 490 g/mol. The van der Waals surface area contributed by atoms with Crippen LogP contribution in [-0.2, 0) is 16.1 Å². The minimum absolute atomic E-state index is 0.0654. The minimum Gasteiger partial charge on any atom is -0.371 e. The standard InChI is InChI=1S/C24H31N11O3/c1-14(36)33(26)20-9-15(7-8-30-20)22-23(34(27)16-5-3-2-4-6-16)21-18(35(22)28)11-31(12-19(21)37)24(38)17-10-29-13-32(17)25/h3,5-7,9-10,29-30H,2,4,8,11-13,25-28H2,1H3. The lowest BCUT2D eigenvalue weighted by atomic mass is 10.00. The molecule has 14 heteroatoms.